The van der Waals surface area contributed by atoms with Gasteiger partial charge < -0.3 is 15.0 Å². The summed E-state index contributed by atoms with van der Waals surface area (Å²) in [4.78, 5) is 42.3. The highest BCUT2D eigenvalue weighted by molar-refractivity contribution is 9.10. The smallest absolute Gasteiger partial charge is 0.397 e. The number of anilines is 2. The highest BCUT2D eigenvalue weighted by Crippen LogP contribution is 2.28. The number of halogens is 1. The molecule has 0 radical (unpaired) electrons. The van der Waals surface area contributed by atoms with Gasteiger partial charge in [0.25, 0.3) is 5.91 Å². The van der Waals surface area contributed by atoms with Crippen molar-refractivity contribution < 1.29 is 19.1 Å². The number of carbonyl (C=O) groups excluding carboxylic acids is 3. The number of rotatable bonds is 4. The third-order valence-corrected chi connectivity index (χ3v) is 4.61. The molecule has 0 spiro atoms. The maximum Gasteiger partial charge on any atom is 0.397 e. The van der Waals surface area contributed by atoms with Gasteiger partial charge in [-0.2, -0.15) is 0 Å². The van der Waals surface area contributed by atoms with Crippen molar-refractivity contribution in [1.82, 2.24) is 9.97 Å². The Morgan fingerprint density at radius 2 is 2.08 bits per heavy atom. The number of aromatic nitrogens is 2. The summed E-state index contributed by atoms with van der Waals surface area (Å²) in [7, 11) is 0. The number of nitrogens with one attached hydrogen (secondary N) is 3. The highest BCUT2D eigenvalue weighted by atomic mass is 79.9. The molecule has 2 aromatic heterocycles. The second-order valence-electron chi connectivity index (χ2n) is 5.06. The Labute approximate surface area is 160 Å². The quantitative estimate of drug-likeness (QED) is 0.429. The number of hydrogen-bond donors (Lipinski definition) is 3. The molecule has 3 N–H and O–H groups in total. The summed E-state index contributed by atoms with van der Waals surface area (Å²) < 4.78 is 6.15. The van der Waals surface area contributed by atoms with Crippen LogP contribution >= 0.6 is 27.3 Å². The van der Waals surface area contributed by atoms with Gasteiger partial charge >= 0.3 is 11.9 Å². The molecule has 0 saturated heterocycles. The van der Waals surface area contributed by atoms with E-state index in [9.17, 15) is 14.4 Å². The van der Waals surface area contributed by atoms with Crippen LogP contribution in [0.2, 0.25) is 0 Å². The van der Waals surface area contributed by atoms with Gasteiger partial charge in [0.2, 0.25) is 0 Å². The van der Waals surface area contributed by atoms with Crippen molar-refractivity contribution >= 4 is 66.1 Å². The summed E-state index contributed by atoms with van der Waals surface area (Å²) in [5.74, 6) is -2.12. The molecule has 1 aromatic carbocycles. The molecule has 0 bridgehead atoms. The van der Waals surface area contributed by atoms with Gasteiger partial charge in [0.05, 0.1) is 16.8 Å². The number of H-pyrrole nitrogens is 1. The Kier molecular flexibility index (Phi) is 5.33. The Balaban J connectivity index is 1.74. The number of fused-ring (bicyclic) bond motifs is 1. The van der Waals surface area contributed by atoms with Crippen LogP contribution in [-0.4, -0.2) is 34.4 Å². The van der Waals surface area contributed by atoms with E-state index < -0.39 is 11.9 Å². The fraction of sp³-hybridized carbons (Fsp3) is 0.125. The zero-order valence-electron chi connectivity index (χ0n) is 13.5. The van der Waals surface area contributed by atoms with Gasteiger partial charge in [0.15, 0.2) is 5.13 Å². The molecule has 0 unspecified atom stereocenters. The monoisotopic (exact) mass is 436 g/mol. The number of aromatic amines is 1. The molecule has 0 fully saturated rings. The average molecular weight is 437 g/mol. The number of thiazole rings is 1. The van der Waals surface area contributed by atoms with Crippen LogP contribution in [0.5, 0.6) is 0 Å². The van der Waals surface area contributed by atoms with Crippen LogP contribution < -0.4 is 10.6 Å². The number of amides is 2. The predicted octanol–water partition coefficient (Wildman–Crippen LogP) is 3.14. The fourth-order valence-corrected chi connectivity index (χ4v) is 3.34. The van der Waals surface area contributed by atoms with E-state index in [4.69, 9.17) is 0 Å². The summed E-state index contributed by atoms with van der Waals surface area (Å²) in [5.41, 5.74) is 1.64. The maximum atomic E-state index is 12.2. The number of nitrogens with zero attached hydrogens (tertiary/aromatic N) is 1. The van der Waals surface area contributed by atoms with Crippen molar-refractivity contribution in [3.8, 4) is 0 Å². The van der Waals surface area contributed by atoms with Gasteiger partial charge in [-0.25, -0.2) is 9.78 Å². The summed E-state index contributed by atoms with van der Waals surface area (Å²) in [5, 5.41) is 5.45. The second kappa shape index (κ2) is 7.67. The molecule has 8 nitrogen and oxygen atoms in total. The van der Waals surface area contributed by atoms with Crippen molar-refractivity contribution in [3.63, 3.8) is 0 Å². The summed E-state index contributed by atoms with van der Waals surface area (Å²) in [6.07, 6.45) is 1.67. The predicted molar refractivity (Wildman–Crippen MR) is 101 cm³/mol. The third-order valence-electron chi connectivity index (χ3n) is 3.22. The van der Waals surface area contributed by atoms with Gasteiger partial charge in [-0.1, -0.05) is 11.3 Å². The normalized spacial score (nSPS) is 10.5. The van der Waals surface area contributed by atoms with Gasteiger partial charge in [-0.05, 0) is 47.1 Å². The van der Waals surface area contributed by atoms with Crippen LogP contribution in [0.1, 0.15) is 17.4 Å². The van der Waals surface area contributed by atoms with E-state index in [1.165, 1.54) is 11.3 Å². The maximum absolute atomic E-state index is 12.2. The van der Waals surface area contributed by atoms with Crippen LogP contribution in [0.15, 0.2) is 34.9 Å². The van der Waals surface area contributed by atoms with Crippen molar-refractivity contribution in [2.45, 2.75) is 6.92 Å². The molecule has 0 atom stereocenters. The highest BCUT2D eigenvalue weighted by Gasteiger charge is 2.17. The molecule has 0 aliphatic heterocycles. The van der Waals surface area contributed by atoms with Gasteiger partial charge in [-0.15, -0.1) is 0 Å². The number of benzene rings is 1. The van der Waals surface area contributed by atoms with Crippen LogP contribution in [0.4, 0.5) is 10.8 Å². The lowest BCUT2D eigenvalue weighted by atomic mass is 10.3. The van der Waals surface area contributed by atoms with Gasteiger partial charge in [-0.3, -0.25) is 14.9 Å². The fourth-order valence-electron chi connectivity index (χ4n) is 2.10. The molecule has 10 heteroatoms. The van der Waals surface area contributed by atoms with Crippen LogP contribution in [0.25, 0.3) is 10.2 Å². The second-order valence-corrected chi connectivity index (χ2v) is 7.01. The number of carbonyl (C=O) groups is 3. The first kappa shape index (κ1) is 18.1. The molecule has 134 valence electrons. The largest absolute Gasteiger partial charge is 0.459 e. The minimum absolute atomic E-state index is 0.118. The summed E-state index contributed by atoms with van der Waals surface area (Å²) in [6.45, 7) is 1.73. The lowest BCUT2D eigenvalue weighted by Crippen LogP contribution is -2.24. The van der Waals surface area contributed by atoms with Crippen LogP contribution in [-0.2, 0) is 14.3 Å². The molecule has 2 amide bonds. The molecule has 3 aromatic rings. The van der Waals surface area contributed by atoms with Crippen molar-refractivity contribution in [3.05, 3.63) is 40.6 Å². The first-order chi connectivity index (χ1) is 12.5. The van der Waals surface area contributed by atoms with Gasteiger partial charge in [0, 0.05) is 16.4 Å². The average Bonchev–Trinajstić information content (AvgIpc) is 3.20. The van der Waals surface area contributed by atoms with E-state index in [1.54, 1.807) is 37.4 Å². The minimum atomic E-state index is -0.961. The number of esters is 1. The Morgan fingerprint density at radius 1 is 1.27 bits per heavy atom. The standard InChI is InChI=1S/C16H13BrN4O4S/c1-2-25-15(24)14(23)21-16-20-10-4-3-9(6-12(10)26-16)19-13(22)11-5-8(17)7-18-11/h3-7,18H,2H2,1H3,(H,19,22)(H,20,21,23). The molecular formula is C16H13BrN4O4S. The van der Waals surface area contributed by atoms with E-state index in [0.29, 0.717) is 16.9 Å². The number of ether oxygens (including phenoxy) is 1. The van der Waals surface area contributed by atoms with E-state index in [2.05, 4.69) is 41.3 Å². The lowest BCUT2D eigenvalue weighted by molar-refractivity contribution is -0.152. The molecule has 0 aliphatic carbocycles. The minimum Gasteiger partial charge on any atom is -0.459 e. The van der Waals surface area contributed by atoms with Crippen LogP contribution in [0.3, 0.4) is 0 Å². The Morgan fingerprint density at radius 3 is 2.77 bits per heavy atom. The molecular weight excluding hydrogens is 424 g/mol. The SMILES string of the molecule is CCOC(=O)C(=O)Nc1nc2ccc(NC(=O)c3cc(Br)c[nH]3)cc2s1. The molecule has 0 saturated carbocycles. The zero-order chi connectivity index (χ0) is 18.7. The Bertz CT molecular complexity index is 997. The third kappa shape index (κ3) is 4.09. The zero-order valence-corrected chi connectivity index (χ0v) is 15.9. The van der Waals surface area contributed by atoms with Gasteiger partial charge in [0.1, 0.15) is 5.69 Å². The first-order valence-corrected chi connectivity index (χ1v) is 9.11. The van der Waals surface area contributed by atoms with Crippen molar-refractivity contribution in [2.75, 3.05) is 17.2 Å². The molecule has 26 heavy (non-hydrogen) atoms. The summed E-state index contributed by atoms with van der Waals surface area (Å²) in [6, 6.07) is 6.83. The van der Waals surface area contributed by atoms with E-state index in [0.717, 1.165) is 9.17 Å². The van der Waals surface area contributed by atoms with E-state index in [1.807, 2.05) is 0 Å². The van der Waals surface area contributed by atoms with E-state index in [-0.39, 0.29) is 17.6 Å². The van der Waals surface area contributed by atoms with E-state index >= 15 is 0 Å². The first-order valence-electron chi connectivity index (χ1n) is 7.50. The molecule has 2 heterocycles. The lowest BCUT2D eigenvalue weighted by Gasteiger charge is -2.03. The number of hydrogen-bond acceptors (Lipinski definition) is 6. The molecule has 3 rings (SSSR count). The van der Waals surface area contributed by atoms with Crippen molar-refractivity contribution in [1.29, 1.82) is 0 Å². The van der Waals surface area contributed by atoms with Crippen LogP contribution in [0, 0.1) is 0 Å². The van der Waals surface area contributed by atoms with Crippen molar-refractivity contribution in [2.24, 2.45) is 0 Å². The Hall–Kier alpha value is -2.72. The summed E-state index contributed by atoms with van der Waals surface area (Å²) >= 11 is 4.46. The topological polar surface area (TPSA) is 113 Å². The molecule has 0 aliphatic rings.